The van der Waals surface area contributed by atoms with Crippen molar-refractivity contribution < 1.29 is 22.5 Å². The van der Waals surface area contributed by atoms with Crippen LogP contribution in [-0.2, 0) is 11.0 Å². The van der Waals surface area contributed by atoms with Crippen LogP contribution in [0.5, 0.6) is 5.88 Å². The number of hydrogen-bond donors (Lipinski definition) is 3. The number of ether oxygens (including phenoxy) is 1. The van der Waals surface area contributed by atoms with Gasteiger partial charge in [-0.1, -0.05) is 23.7 Å². The highest BCUT2D eigenvalue weighted by molar-refractivity contribution is 7.70. The molecule has 0 amide bonds. The topological polar surface area (TPSA) is 101 Å². The Kier molecular flexibility index (Phi) is 8.93. The number of rotatable bonds is 11. The van der Waals surface area contributed by atoms with Crippen molar-refractivity contribution in [2.45, 2.75) is 19.2 Å². The molecule has 8 nitrogen and oxygen atoms in total. The summed E-state index contributed by atoms with van der Waals surface area (Å²) in [5, 5.41) is 9.61. The molecule has 0 aliphatic carbocycles. The van der Waals surface area contributed by atoms with E-state index in [0.717, 1.165) is 0 Å². The number of halogens is 4. The number of anilines is 4. The van der Waals surface area contributed by atoms with Crippen LogP contribution in [0.1, 0.15) is 5.69 Å². The van der Waals surface area contributed by atoms with Gasteiger partial charge in [-0.3, -0.25) is 0 Å². The summed E-state index contributed by atoms with van der Waals surface area (Å²) >= 11 is 6.26. The Morgan fingerprint density at radius 2 is 1.80 bits per heavy atom. The highest BCUT2D eigenvalue weighted by atomic mass is 35.5. The summed E-state index contributed by atoms with van der Waals surface area (Å²) < 4.78 is 56.6. The monoisotopic (exact) mass is 528 g/mol. The molecule has 3 aromatic rings. The van der Waals surface area contributed by atoms with Gasteiger partial charge in [-0.05, 0) is 44.6 Å². The second-order valence-electron chi connectivity index (χ2n) is 7.82. The fourth-order valence-electron chi connectivity index (χ4n) is 3.03. The molecule has 0 aliphatic heterocycles. The lowest BCUT2D eigenvalue weighted by atomic mass is 10.2. The van der Waals surface area contributed by atoms with Crippen LogP contribution in [0.2, 0.25) is 5.02 Å². The summed E-state index contributed by atoms with van der Waals surface area (Å²) in [5.41, 5.74) is 1.16. The molecule has 0 fully saturated rings. The summed E-state index contributed by atoms with van der Waals surface area (Å²) in [7, 11) is -0.853. The van der Waals surface area contributed by atoms with Gasteiger partial charge in [0.15, 0.2) is 5.82 Å². The molecule has 35 heavy (non-hydrogen) atoms. The highest BCUT2D eigenvalue weighted by Gasteiger charge is 2.24. The molecule has 2 aromatic heterocycles. The molecule has 0 spiro atoms. The number of para-hydroxylation sites is 1. The van der Waals surface area contributed by atoms with E-state index < -0.39 is 19.9 Å². The molecule has 1 atom stereocenters. The van der Waals surface area contributed by atoms with Crippen molar-refractivity contribution in [3.8, 4) is 5.88 Å². The zero-order chi connectivity index (χ0) is 25.6. The average Bonchev–Trinajstić information content (AvgIpc) is 2.80. The van der Waals surface area contributed by atoms with Gasteiger partial charge >= 0.3 is 6.43 Å². The SMILES string of the molecule is CNCCc1ccc(Nc2ncc(Cl)c(Nc3ccccc3P(C)(C)=O)n2)c(OC(F)C(F)F)n1. The average molecular weight is 529 g/mol. The normalized spacial score (nSPS) is 12.5. The van der Waals surface area contributed by atoms with Gasteiger partial charge < -0.3 is 25.3 Å². The first kappa shape index (κ1) is 26.7. The smallest absolute Gasteiger partial charge is 0.304 e. The Morgan fingerprint density at radius 1 is 1.06 bits per heavy atom. The summed E-state index contributed by atoms with van der Waals surface area (Å²) in [5.74, 6) is -0.127. The summed E-state index contributed by atoms with van der Waals surface area (Å²) in [6.45, 7) is 3.87. The van der Waals surface area contributed by atoms with E-state index in [-0.39, 0.29) is 28.4 Å². The first-order valence-electron chi connectivity index (χ1n) is 10.5. The first-order chi connectivity index (χ1) is 16.6. The van der Waals surface area contributed by atoms with Crippen LogP contribution in [0, 0.1) is 0 Å². The Labute approximate surface area is 206 Å². The number of pyridine rings is 1. The molecule has 0 radical (unpaired) electrons. The molecule has 0 bridgehead atoms. The van der Waals surface area contributed by atoms with E-state index in [1.165, 1.54) is 12.3 Å². The Hall–Kier alpha value is -2.88. The third kappa shape index (κ3) is 7.30. The lowest BCUT2D eigenvalue weighted by molar-refractivity contribution is -0.0687. The second-order valence-corrected chi connectivity index (χ2v) is 11.4. The molecular formula is C22H25ClF3N6O2P. The van der Waals surface area contributed by atoms with Crippen LogP contribution < -0.4 is 26.0 Å². The molecule has 0 saturated carbocycles. The molecule has 0 aliphatic rings. The first-order valence-corrected chi connectivity index (χ1v) is 13.5. The van der Waals surface area contributed by atoms with Crippen LogP contribution in [0.4, 0.5) is 36.3 Å². The molecule has 1 aromatic carbocycles. The van der Waals surface area contributed by atoms with Crippen LogP contribution >= 0.6 is 18.7 Å². The Bertz CT molecular complexity index is 1210. The van der Waals surface area contributed by atoms with E-state index in [0.29, 0.717) is 29.7 Å². The Morgan fingerprint density at radius 3 is 2.49 bits per heavy atom. The molecule has 0 saturated heterocycles. The fourth-order valence-corrected chi connectivity index (χ4v) is 4.32. The second kappa shape index (κ2) is 11.7. The van der Waals surface area contributed by atoms with E-state index >= 15 is 0 Å². The van der Waals surface area contributed by atoms with Gasteiger partial charge in [-0.25, -0.2) is 18.7 Å². The number of likely N-dealkylation sites (N-methyl/N-ethyl adjacent to an activating group) is 1. The van der Waals surface area contributed by atoms with Crippen LogP contribution in [0.25, 0.3) is 0 Å². The van der Waals surface area contributed by atoms with E-state index in [9.17, 15) is 17.7 Å². The van der Waals surface area contributed by atoms with Gasteiger partial charge in [0.25, 0.3) is 6.36 Å². The minimum Gasteiger partial charge on any atom is -0.435 e. The maximum Gasteiger partial charge on any atom is 0.304 e. The van der Waals surface area contributed by atoms with Crippen molar-refractivity contribution in [2.75, 3.05) is 37.6 Å². The quantitative estimate of drug-likeness (QED) is 0.300. The van der Waals surface area contributed by atoms with E-state index in [2.05, 4.69) is 30.9 Å². The van der Waals surface area contributed by atoms with Crippen LogP contribution in [0.15, 0.2) is 42.6 Å². The van der Waals surface area contributed by atoms with Gasteiger partial charge in [0.1, 0.15) is 17.9 Å². The molecule has 1 unspecified atom stereocenters. The van der Waals surface area contributed by atoms with Crippen LogP contribution in [0.3, 0.4) is 0 Å². The molecular weight excluding hydrogens is 504 g/mol. The minimum absolute atomic E-state index is 0.0210. The molecule has 3 N–H and O–H groups in total. The third-order valence-electron chi connectivity index (χ3n) is 4.70. The van der Waals surface area contributed by atoms with Crippen molar-refractivity contribution in [2.24, 2.45) is 0 Å². The predicted octanol–water partition coefficient (Wildman–Crippen LogP) is 4.96. The number of nitrogens with zero attached hydrogens (tertiary/aromatic N) is 3. The summed E-state index contributed by atoms with van der Waals surface area (Å²) in [4.78, 5) is 12.6. The van der Waals surface area contributed by atoms with E-state index in [1.807, 2.05) is 0 Å². The van der Waals surface area contributed by atoms with Crippen molar-refractivity contribution >= 4 is 47.2 Å². The molecule has 3 rings (SSSR count). The fraction of sp³-hybridized carbons (Fsp3) is 0.318. The number of benzene rings is 1. The van der Waals surface area contributed by atoms with E-state index in [1.54, 1.807) is 50.7 Å². The zero-order valence-electron chi connectivity index (χ0n) is 19.2. The van der Waals surface area contributed by atoms with Crippen LogP contribution in [-0.4, -0.2) is 54.7 Å². The molecule has 13 heteroatoms. The zero-order valence-corrected chi connectivity index (χ0v) is 20.9. The van der Waals surface area contributed by atoms with Gasteiger partial charge in [0.05, 0.1) is 11.9 Å². The Balaban J connectivity index is 1.91. The van der Waals surface area contributed by atoms with Gasteiger partial charge in [-0.2, -0.15) is 9.37 Å². The van der Waals surface area contributed by atoms with Gasteiger partial charge in [0, 0.05) is 24.0 Å². The van der Waals surface area contributed by atoms with Crippen molar-refractivity contribution in [1.82, 2.24) is 20.3 Å². The minimum atomic E-state index is -3.35. The largest absolute Gasteiger partial charge is 0.435 e. The predicted molar refractivity (Wildman–Crippen MR) is 133 cm³/mol. The van der Waals surface area contributed by atoms with E-state index in [4.69, 9.17) is 16.3 Å². The number of alkyl halides is 3. The maximum absolute atomic E-state index is 13.7. The van der Waals surface area contributed by atoms with Gasteiger partial charge in [0.2, 0.25) is 11.8 Å². The number of aromatic nitrogens is 3. The standard InChI is InChI=1S/C22H25ClF3N6O2P/c1-27-11-10-13-8-9-16(21(29-13)34-19(26)18(24)25)31-22-28-12-14(23)20(32-22)30-15-6-4-5-7-17(15)35(2,3)33/h4-9,12,18-19,27H,10-11H2,1-3H3,(H2,28,30,31,32). The lowest BCUT2D eigenvalue weighted by Crippen LogP contribution is -2.21. The number of hydrogen-bond acceptors (Lipinski definition) is 8. The maximum atomic E-state index is 13.7. The summed E-state index contributed by atoms with van der Waals surface area (Å²) in [6.07, 6.45) is -4.41. The lowest BCUT2D eigenvalue weighted by Gasteiger charge is -2.17. The molecule has 188 valence electrons. The summed E-state index contributed by atoms with van der Waals surface area (Å²) in [6, 6.07) is 10.2. The van der Waals surface area contributed by atoms with Gasteiger partial charge in [-0.15, -0.1) is 0 Å². The highest BCUT2D eigenvalue weighted by Crippen LogP contribution is 2.38. The van der Waals surface area contributed by atoms with Crippen molar-refractivity contribution in [1.29, 1.82) is 0 Å². The van der Waals surface area contributed by atoms with Crippen molar-refractivity contribution in [3.63, 3.8) is 0 Å². The molecule has 2 heterocycles. The number of nitrogens with one attached hydrogen (secondary N) is 3. The third-order valence-corrected chi connectivity index (χ3v) is 6.53. The van der Waals surface area contributed by atoms with Crippen molar-refractivity contribution in [3.05, 3.63) is 53.3 Å².